The Balaban J connectivity index is 0.000000402. The van der Waals surface area contributed by atoms with Gasteiger partial charge in [0.15, 0.2) is 24.0 Å². The molecule has 2 aliphatic rings. The van der Waals surface area contributed by atoms with Gasteiger partial charge in [-0.15, -0.1) is 11.6 Å². The first kappa shape index (κ1) is 35.9. The molecule has 0 unspecified atom stereocenters. The molecule has 0 saturated heterocycles. The summed E-state index contributed by atoms with van der Waals surface area (Å²) in [7, 11) is 0. The van der Waals surface area contributed by atoms with Crippen LogP contribution in [0.2, 0.25) is 0 Å². The third-order valence-corrected chi connectivity index (χ3v) is 7.31. The van der Waals surface area contributed by atoms with Crippen molar-refractivity contribution in [3.8, 4) is 5.82 Å². The first-order chi connectivity index (χ1) is 20.1. The van der Waals surface area contributed by atoms with E-state index in [0.717, 1.165) is 0 Å². The molecule has 246 valence electrons. The van der Waals surface area contributed by atoms with E-state index in [1.807, 2.05) is 0 Å². The van der Waals surface area contributed by atoms with Crippen molar-refractivity contribution in [2.24, 2.45) is 34.0 Å². The molecule has 0 amide bonds. The summed E-state index contributed by atoms with van der Waals surface area (Å²) in [5, 5.41) is 37.1. The quantitative estimate of drug-likeness (QED) is 0.143. The first-order valence-corrected chi connectivity index (χ1v) is 12.3. The summed E-state index contributed by atoms with van der Waals surface area (Å²) in [6.45, 7) is 0.410. The van der Waals surface area contributed by atoms with Crippen molar-refractivity contribution in [1.29, 1.82) is 0 Å². The molecule has 44 heavy (non-hydrogen) atoms. The number of aliphatic hydroxyl groups is 1. The van der Waals surface area contributed by atoms with Crippen LogP contribution >= 0.6 is 11.6 Å². The molecular weight excluding hydrogens is 640 g/mol. The lowest BCUT2D eigenvalue weighted by Crippen LogP contribution is -2.60. The van der Waals surface area contributed by atoms with Gasteiger partial charge in [0, 0.05) is 12.1 Å². The third kappa shape index (κ3) is 7.09. The summed E-state index contributed by atoms with van der Waals surface area (Å²) in [6, 6.07) is 3.03. The Hall–Kier alpha value is -4.28. The number of nitrogens with zero attached hydrogens (tertiary/aromatic N) is 3. The van der Waals surface area contributed by atoms with Crippen LogP contribution in [0.5, 0.6) is 0 Å². The molecule has 6 atom stereocenters. The maximum absolute atomic E-state index is 11.7. The van der Waals surface area contributed by atoms with Gasteiger partial charge in [0.05, 0.1) is 11.1 Å². The monoisotopic (exact) mass is 665 g/mol. The maximum Gasteiger partial charge on any atom is 0.490 e. The summed E-state index contributed by atoms with van der Waals surface area (Å²) in [5.41, 5.74) is 23.2. The number of anilines is 1. The van der Waals surface area contributed by atoms with Crippen molar-refractivity contribution in [2.75, 3.05) is 18.8 Å². The average molecular weight is 666 g/mol. The predicted molar refractivity (Wildman–Crippen MR) is 138 cm³/mol. The number of aliphatic hydroxyl groups excluding tert-OH is 1. The standard InChI is InChI=1S/C17H24ClN9O3.2C2HF3O2/c18-11-7(5-20)6(4-19)9(17(11)14(30)25-16(22)26-17)10-12(24-15(21)23-10)27-3-1-2-8(27)13(28)29;2*3-2(4,5)1(6)7/h1-3,6-7,9,11,14,30H,4-5,19-20H2,(H,28,29)(H3,21,23,24)(H3,22,25,26);2*(H,6,7)/t6-,7-,9-,11+,14+,17+;;/m1../s1. The number of nitrogens with one attached hydrogen (secondary N) is 2. The third-order valence-electron chi connectivity index (χ3n) is 6.62. The number of hydrogen-bond donors (Lipinski definition) is 10. The Morgan fingerprint density at radius 3 is 1.89 bits per heavy atom. The molecular formula is C21H26ClF6N9O7. The number of aromatic carboxylic acids is 1. The number of aromatic amines is 1. The van der Waals surface area contributed by atoms with E-state index in [-0.39, 0.29) is 48.3 Å². The van der Waals surface area contributed by atoms with E-state index in [1.165, 1.54) is 10.6 Å². The Bertz CT molecular complexity index is 1370. The molecule has 1 spiro atoms. The van der Waals surface area contributed by atoms with E-state index in [2.05, 4.69) is 20.3 Å². The van der Waals surface area contributed by atoms with Crippen molar-refractivity contribution >= 4 is 41.4 Å². The highest BCUT2D eigenvalue weighted by molar-refractivity contribution is 6.22. The number of imidazole rings is 1. The van der Waals surface area contributed by atoms with E-state index in [0.29, 0.717) is 5.69 Å². The SMILES string of the molecule is NC[C@@H]1[C@@H](CN)[C@H](c2[nH]c(N)nc2-n2cccc2C(=O)O)[C@]2(NC(N)=N[C@H]2O)[C@H]1Cl.O=C(O)C(F)(F)F.O=C(O)C(F)(F)F. The fourth-order valence-electron chi connectivity index (χ4n) is 4.95. The number of nitrogens with two attached hydrogens (primary N) is 4. The van der Waals surface area contributed by atoms with Gasteiger partial charge in [-0.1, -0.05) is 0 Å². The van der Waals surface area contributed by atoms with E-state index in [1.54, 1.807) is 12.3 Å². The molecule has 1 aliphatic heterocycles. The zero-order valence-electron chi connectivity index (χ0n) is 21.8. The number of aromatic nitrogens is 3. The fraction of sp³-hybridized carbons (Fsp3) is 0.476. The Labute approximate surface area is 246 Å². The second-order valence-electron chi connectivity index (χ2n) is 9.16. The molecule has 4 rings (SSSR count). The molecule has 16 nitrogen and oxygen atoms in total. The van der Waals surface area contributed by atoms with Gasteiger partial charge >= 0.3 is 30.3 Å². The van der Waals surface area contributed by atoms with Crippen LogP contribution in [0.3, 0.4) is 0 Å². The van der Waals surface area contributed by atoms with Gasteiger partial charge in [-0.2, -0.15) is 31.3 Å². The summed E-state index contributed by atoms with van der Waals surface area (Å²) in [4.78, 5) is 40.8. The number of carboxylic acids is 3. The lowest BCUT2D eigenvalue weighted by atomic mass is 9.79. The van der Waals surface area contributed by atoms with Gasteiger partial charge in [0.25, 0.3) is 0 Å². The molecule has 1 saturated carbocycles. The molecule has 1 aliphatic carbocycles. The van der Waals surface area contributed by atoms with E-state index in [9.17, 15) is 41.4 Å². The number of alkyl halides is 7. The van der Waals surface area contributed by atoms with Crippen LogP contribution in [0.4, 0.5) is 32.3 Å². The van der Waals surface area contributed by atoms with Gasteiger partial charge in [-0.05, 0) is 37.1 Å². The molecule has 1 fully saturated rings. The predicted octanol–water partition coefficient (Wildman–Crippen LogP) is -0.423. The highest BCUT2D eigenvalue weighted by Crippen LogP contribution is 2.55. The molecule has 3 heterocycles. The van der Waals surface area contributed by atoms with Crippen molar-refractivity contribution in [3.63, 3.8) is 0 Å². The van der Waals surface area contributed by atoms with Crippen LogP contribution in [0, 0.1) is 11.8 Å². The molecule has 0 radical (unpaired) electrons. The van der Waals surface area contributed by atoms with Crippen molar-refractivity contribution in [3.05, 3.63) is 29.7 Å². The number of nitrogen functional groups attached to an aromatic ring is 1. The van der Waals surface area contributed by atoms with Crippen LogP contribution in [0.1, 0.15) is 22.1 Å². The summed E-state index contributed by atoms with van der Waals surface area (Å²) in [6.07, 6.45) is -9.89. The first-order valence-electron chi connectivity index (χ1n) is 11.8. The van der Waals surface area contributed by atoms with E-state index in [4.69, 9.17) is 54.3 Å². The largest absolute Gasteiger partial charge is 0.490 e. The number of carbonyl (C=O) groups is 3. The number of carboxylic acid groups (broad SMARTS) is 3. The zero-order valence-corrected chi connectivity index (χ0v) is 22.6. The normalized spacial score (nSPS) is 26.1. The smallest absolute Gasteiger partial charge is 0.477 e. The lowest BCUT2D eigenvalue weighted by molar-refractivity contribution is -0.193. The Kier molecular flexibility index (Phi) is 10.7. The van der Waals surface area contributed by atoms with Crippen LogP contribution in [-0.2, 0) is 9.59 Å². The number of hydrogen-bond acceptors (Lipinski definition) is 11. The Morgan fingerprint density at radius 1 is 1.00 bits per heavy atom. The zero-order chi connectivity index (χ0) is 33.9. The molecule has 0 aromatic carbocycles. The number of aliphatic carboxylic acids is 2. The minimum atomic E-state index is -5.08. The van der Waals surface area contributed by atoms with Crippen LogP contribution in [0.15, 0.2) is 23.3 Å². The molecule has 23 heteroatoms. The lowest BCUT2D eigenvalue weighted by Gasteiger charge is -2.37. The van der Waals surface area contributed by atoms with E-state index >= 15 is 0 Å². The average Bonchev–Trinajstić information content (AvgIpc) is 3.64. The molecule has 2 aromatic rings. The summed E-state index contributed by atoms with van der Waals surface area (Å²) >= 11 is 6.83. The number of H-pyrrole nitrogens is 1. The minimum Gasteiger partial charge on any atom is -0.477 e. The van der Waals surface area contributed by atoms with Gasteiger partial charge in [0.1, 0.15) is 11.2 Å². The summed E-state index contributed by atoms with van der Waals surface area (Å²) < 4.78 is 64.9. The van der Waals surface area contributed by atoms with Gasteiger partial charge in [0.2, 0.25) is 0 Å². The summed E-state index contributed by atoms with van der Waals surface area (Å²) in [5.74, 6) is -7.46. The van der Waals surface area contributed by atoms with Gasteiger partial charge in [-0.25, -0.2) is 19.4 Å². The number of rotatable bonds is 5. The maximum atomic E-state index is 11.7. The number of guanidine groups is 1. The minimum absolute atomic E-state index is 0.00686. The molecule has 0 bridgehead atoms. The van der Waals surface area contributed by atoms with Crippen LogP contribution in [0.25, 0.3) is 5.82 Å². The molecule has 14 N–H and O–H groups in total. The highest BCUT2D eigenvalue weighted by Gasteiger charge is 2.66. The fourth-order valence-corrected chi connectivity index (χ4v) is 5.54. The molecule has 2 aromatic heterocycles. The van der Waals surface area contributed by atoms with Crippen molar-refractivity contribution in [1.82, 2.24) is 19.9 Å². The van der Waals surface area contributed by atoms with E-state index < -0.39 is 53.3 Å². The number of aliphatic imine (C=N–C) groups is 1. The number of halogens is 7. The van der Waals surface area contributed by atoms with Crippen molar-refractivity contribution in [2.45, 2.75) is 35.4 Å². The topological polar surface area (TPSA) is 294 Å². The van der Waals surface area contributed by atoms with Crippen molar-refractivity contribution < 1.29 is 61.2 Å². The second-order valence-corrected chi connectivity index (χ2v) is 9.63. The Morgan fingerprint density at radius 2 is 1.50 bits per heavy atom. The second kappa shape index (κ2) is 13.2. The van der Waals surface area contributed by atoms with Gasteiger partial charge < -0.3 is 53.7 Å². The van der Waals surface area contributed by atoms with Gasteiger partial charge in [-0.3, -0.25) is 4.57 Å². The highest BCUT2D eigenvalue weighted by atomic mass is 35.5. The van der Waals surface area contributed by atoms with Crippen LogP contribution in [-0.4, -0.2) is 101 Å². The van der Waals surface area contributed by atoms with Crippen LogP contribution < -0.4 is 28.3 Å².